The van der Waals surface area contributed by atoms with E-state index in [1.54, 1.807) is 7.11 Å². The Kier molecular flexibility index (Phi) is 6.50. The van der Waals surface area contributed by atoms with Crippen LogP contribution in [0, 0.1) is 5.92 Å². The fourth-order valence-electron chi connectivity index (χ4n) is 5.00. The summed E-state index contributed by atoms with van der Waals surface area (Å²) in [7, 11) is 1.69. The average molecular weight is 394 g/mol. The predicted molar refractivity (Wildman–Crippen MR) is 115 cm³/mol. The van der Waals surface area contributed by atoms with E-state index in [4.69, 9.17) is 9.47 Å². The van der Waals surface area contributed by atoms with Gasteiger partial charge in [0.2, 0.25) is 0 Å². The minimum absolute atomic E-state index is 0.0127. The van der Waals surface area contributed by atoms with Crippen LogP contribution in [0.2, 0.25) is 0 Å². The molecule has 1 unspecified atom stereocenters. The van der Waals surface area contributed by atoms with Gasteiger partial charge in [0.05, 0.1) is 12.6 Å². The van der Waals surface area contributed by atoms with Gasteiger partial charge in [-0.3, -0.25) is 0 Å². The predicted octanol–water partition coefficient (Wildman–Crippen LogP) is 5.51. The van der Waals surface area contributed by atoms with Crippen molar-refractivity contribution in [3.05, 3.63) is 59.7 Å². The summed E-state index contributed by atoms with van der Waals surface area (Å²) < 4.78 is 11.0. The molecule has 4 heteroatoms. The lowest BCUT2D eigenvalue weighted by Crippen LogP contribution is -2.40. The minimum atomic E-state index is -0.343. The number of amides is 1. The molecule has 1 saturated carbocycles. The van der Waals surface area contributed by atoms with Gasteiger partial charge in [-0.25, -0.2) is 4.79 Å². The number of carbonyl (C=O) groups is 1. The number of nitrogens with one attached hydrogen (secondary N) is 1. The van der Waals surface area contributed by atoms with Gasteiger partial charge in [0.1, 0.15) is 6.61 Å². The zero-order valence-corrected chi connectivity index (χ0v) is 17.2. The van der Waals surface area contributed by atoms with Crippen LogP contribution in [0.4, 0.5) is 4.79 Å². The first kappa shape index (κ1) is 20.0. The van der Waals surface area contributed by atoms with Crippen LogP contribution >= 0.6 is 0 Å². The molecule has 0 heterocycles. The van der Waals surface area contributed by atoms with E-state index in [1.807, 2.05) is 0 Å². The number of hydrogen-bond acceptors (Lipinski definition) is 3. The smallest absolute Gasteiger partial charge is 0.407 e. The molecule has 2 aliphatic carbocycles. The standard InChI is InChI=1S/C25H31NO3/c1-28-16-19(15-18-9-3-2-4-10-18)26-25(27)29-17-24-22-13-7-5-11-20(22)21-12-6-8-14-23(21)24/h5-8,11-14,18-19,24H,2-4,9-10,15-17H2,1H3,(H,26,27). The molecular weight excluding hydrogens is 362 g/mol. The van der Waals surface area contributed by atoms with Crippen LogP contribution in [0.5, 0.6) is 0 Å². The Labute approximate surface area is 173 Å². The van der Waals surface area contributed by atoms with Crippen LogP contribution in [0.1, 0.15) is 55.6 Å². The van der Waals surface area contributed by atoms with Gasteiger partial charge in [0.15, 0.2) is 0 Å². The molecule has 0 spiro atoms. The topological polar surface area (TPSA) is 47.6 Å². The largest absolute Gasteiger partial charge is 0.449 e. The van der Waals surface area contributed by atoms with Crippen LogP contribution in [0.25, 0.3) is 11.1 Å². The van der Waals surface area contributed by atoms with Crippen molar-refractivity contribution in [3.8, 4) is 11.1 Å². The van der Waals surface area contributed by atoms with Crippen molar-refractivity contribution in [2.45, 2.75) is 50.5 Å². The molecule has 0 aromatic heterocycles. The first-order chi connectivity index (χ1) is 14.3. The molecule has 0 saturated heterocycles. The van der Waals surface area contributed by atoms with E-state index in [0.29, 0.717) is 19.1 Å². The molecule has 0 radical (unpaired) electrons. The second-order valence-electron chi connectivity index (χ2n) is 8.36. The molecule has 0 bridgehead atoms. The normalized spacial score (nSPS) is 17.4. The van der Waals surface area contributed by atoms with Crippen molar-refractivity contribution in [1.82, 2.24) is 5.32 Å². The van der Waals surface area contributed by atoms with Crippen molar-refractivity contribution in [3.63, 3.8) is 0 Å². The summed E-state index contributed by atoms with van der Waals surface area (Å²) in [5.41, 5.74) is 4.95. The molecule has 2 aliphatic rings. The van der Waals surface area contributed by atoms with Gasteiger partial charge in [-0.05, 0) is 34.6 Å². The zero-order valence-electron chi connectivity index (χ0n) is 17.2. The quantitative estimate of drug-likeness (QED) is 0.675. The third-order valence-electron chi connectivity index (χ3n) is 6.38. The highest BCUT2D eigenvalue weighted by Gasteiger charge is 2.29. The molecule has 29 heavy (non-hydrogen) atoms. The van der Waals surface area contributed by atoms with Gasteiger partial charge >= 0.3 is 6.09 Å². The Morgan fingerprint density at radius 1 is 1.00 bits per heavy atom. The molecule has 1 amide bonds. The van der Waals surface area contributed by atoms with Crippen LogP contribution in [0.3, 0.4) is 0 Å². The number of rotatable bonds is 7. The van der Waals surface area contributed by atoms with E-state index in [0.717, 1.165) is 6.42 Å². The van der Waals surface area contributed by atoms with Gasteiger partial charge in [0.25, 0.3) is 0 Å². The van der Waals surface area contributed by atoms with Crippen molar-refractivity contribution in [2.75, 3.05) is 20.3 Å². The van der Waals surface area contributed by atoms with Gasteiger partial charge in [-0.1, -0.05) is 80.6 Å². The van der Waals surface area contributed by atoms with E-state index >= 15 is 0 Å². The SMILES string of the molecule is COCC(CC1CCCCC1)NC(=O)OCC1c2ccccc2-c2ccccc21. The Balaban J connectivity index is 1.37. The molecule has 1 N–H and O–H groups in total. The maximum atomic E-state index is 12.6. The lowest BCUT2D eigenvalue weighted by molar-refractivity contribution is 0.115. The molecule has 4 nitrogen and oxygen atoms in total. The second kappa shape index (κ2) is 9.45. The Morgan fingerprint density at radius 3 is 2.24 bits per heavy atom. The number of benzene rings is 2. The van der Waals surface area contributed by atoms with Crippen molar-refractivity contribution in [2.24, 2.45) is 5.92 Å². The third kappa shape index (κ3) is 4.64. The molecule has 1 fully saturated rings. The molecule has 2 aromatic carbocycles. The Hall–Kier alpha value is -2.33. The zero-order chi connectivity index (χ0) is 20.1. The van der Waals surface area contributed by atoms with Gasteiger partial charge < -0.3 is 14.8 Å². The van der Waals surface area contributed by atoms with E-state index in [-0.39, 0.29) is 18.1 Å². The highest BCUT2D eigenvalue weighted by Crippen LogP contribution is 2.44. The van der Waals surface area contributed by atoms with E-state index < -0.39 is 0 Å². The van der Waals surface area contributed by atoms with Gasteiger partial charge in [-0.15, -0.1) is 0 Å². The third-order valence-corrected chi connectivity index (χ3v) is 6.38. The van der Waals surface area contributed by atoms with Crippen LogP contribution < -0.4 is 5.32 Å². The lowest BCUT2D eigenvalue weighted by Gasteiger charge is -2.26. The Morgan fingerprint density at radius 2 is 1.62 bits per heavy atom. The van der Waals surface area contributed by atoms with Gasteiger partial charge in [0, 0.05) is 13.0 Å². The summed E-state index contributed by atoms with van der Waals surface area (Å²) in [6.07, 6.45) is 7.08. The Bertz CT molecular complexity index is 783. The molecule has 4 rings (SSSR count). The summed E-state index contributed by atoms with van der Waals surface area (Å²) in [5, 5.41) is 3.05. The monoisotopic (exact) mass is 393 g/mol. The van der Waals surface area contributed by atoms with Crippen LogP contribution in [-0.2, 0) is 9.47 Å². The summed E-state index contributed by atoms with van der Waals surface area (Å²) in [6.45, 7) is 0.879. The molecule has 1 atom stereocenters. The lowest BCUT2D eigenvalue weighted by atomic mass is 9.85. The van der Waals surface area contributed by atoms with Crippen molar-refractivity contribution < 1.29 is 14.3 Å². The first-order valence-electron chi connectivity index (χ1n) is 10.9. The minimum Gasteiger partial charge on any atom is -0.449 e. The molecule has 2 aromatic rings. The number of ether oxygens (including phenoxy) is 2. The van der Waals surface area contributed by atoms with E-state index in [1.165, 1.54) is 54.4 Å². The molecule has 0 aliphatic heterocycles. The van der Waals surface area contributed by atoms with Crippen LogP contribution in [0.15, 0.2) is 48.5 Å². The number of hydrogen-bond donors (Lipinski definition) is 1. The summed E-state index contributed by atoms with van der Waals surface area (Å²) in [5.74, 6) is 0.769. The summed E-state index contributed by atoms with van der Waals surface area (Å²) in [4.78, 5) is 12.6. The van der Waals surface area contributed by atoms with Gasteiger partial charge in [-0.2, -0.15) is 0 Å². The van der Waals surface area contributed by atoms with Crippen LogP contribution in [-0.4, -0.2) is 32.5 Å². The maximum absolute atomic E-state index is 12.6. The number of fused-ring (bicyclic) bond motifs is 3. The highest BCUT2D eigenvalue weighted by molar-refractivity contribution is 5.79. The molecular formula is C25H31NO3. The van der Waals surface area contributed by atoms with E-state index in [2.05, 4.69) is 53.8 Å². The van der Waals surface area contributed by atoms with Crippen molar-refractivity contribution >= 4 is 6.09 Å². The van der Waals surface area contributed by atoms with Crippen molar-refractivity contribution in [1.29, 1.82) is 0 Å². The fraction of sp³-hybridized carbons (Fsp3) is 0.480. The summed E-state index contributed by atoms with van der Waals surface area (Å²) >= 11 is 0. The molecule has 154 valence electrons. The maximum Gasteiger partial charge on any atom is 0.407 e. The number of alkyl carbamates (subject to hydrolysis) is 1. The van der Waals surface area contributed by atoms with E-state index in [9.17, 15) is 4.79 Å². The fourth-order valence-corrected chi connectivity index (χ4v) is 5.00. The number of carbonyl (C=O) groups excluding carboxylic acids is 1. The number of methoxy groups -OCH3 is 1. The first-order valence-corrected chi connectivity index (χ1v) is 10.9. The summed E-state index contributed by atoms with van der Waals surface area (Å²) in [6, 6.07) is 16.8. The highest BCUT2D eigenvalue weighted by atomic mass is 16.5. The average Bonchev–Trinajstić information content (AvgIpc) is 3.07. The second-order valence-corrected chi connectivity index (χ2v) is 8.36.